The van der Waals surface area contributed by atoms with Gasteiger partial charge in [0.1, 0.15) is 11.9 Å². The smallest absolute Gasteiger partial charge is 0.120 e. The van der Waals surface area contributed by atoms with Crippen molar-refractivity contribution in [2.45, 2.75) is 12.5 Å². The van der Waals surface area contributed by atoms with Crippen LogP contribution < -0.4 is 10.1 Å². The standard InChI is InChI=1S/C11H13N3O/c1-2-11-8(6-13-14-11)5-9(1)15-10-3-4-12-7-10/h1-2,5-6,10,12H,3-4,7H2,(H,13,14)/t10-/m0/s1. The van der Waals surface area contributed by atoms with Crippen molar-refractivity contribution < 1.29 is 4.74 Å². The summed E-state index contributed by atoms with van der Waals surface area (Å²) in [6.45, 7) is 2.00. The van der Waals surface area contributed by atoms with Crippen molar-refractivity contribution in [1.82, 2.24) is 15.5 Å². The number of rotatable bonds is 2. The molecule has 1 saturated heterocycles. The minimum absolute atomic E-state index is 0.314. The normalized spacial score (nSPS) is 20.9. The van der Waals surface area contributed by atoms with Crippen LogP contribution in [0.15, 0.2) is 24.4 Å². The maximum atomic E-state index is 5.85. The third-order valence-corrected chi connectivity index (χ3v) is 2.73. The maximum absolute atomic E-state index is 5.85. The van der Waals surface area contributed by atoms with Crippen LogP contribution in [0, 0.1) is 0 Å². The summed E-state index contributed by atoms with van der Waals surface area (Å²) in [4.78, 5) is 0. The molecule has 4 nitrogen and oxygen atoms in total. The van der Waals surface area contributed by atoms with Crippen molar-refractivity contribution >= 4 is 10.9 Å². The average Bonchev–Trinajstić information content (AvgIpc) is 2.87. The van der Waals surface area contributed by atoms with Crippen LogP contribution in [0.25, 0.3) is 10.9 Å². The molecule has 0 bridgehead atoms. The van der Waals surface area contributed by atoms with E-state index in [0.29, 0.717) is 6.10 Å². The minimum atomic E-state index is 0.314. The minimum Gasteiger partial charge on any atom is -0.489 e. The fourth-order valence-corrected chi connectivity index (χ4v) is 1.92. The summed E-state index contributed by atoms with van der Waals surface area (Å²) in [6, 6.07) is 6.01. The Bertz CT molecular complexity index is 460. The molecule has 78 valence electrons. The van der Waals surface area contributed by atoms with E-state index in [-0.39, 0.29) is 0 Å². The molecule has 1 aromatic carbocycles. The SMILES string of the molecule is c1cc2[nH]ncc2cc1O[C@H]1CCNC1. The van der Waals surface area contributed by atoms with Gasteiger partial charge >= 0.3 is 0 Å². The van der Waals surface area contributed by atoms with Crippen LogP contribution in [-0.2, 0) is 0 Å². The first-order chi connectivity index (χ1) is 7.42. The lowest BCUT2D eigenvalue weighted by atomic mass is 10.2. The molecular formula is C11H13N3O. The van der Waals surface area contributed by atoms with Crippen molar-refractivity contribution in [1.29, 1.82) is 0 Å². The van der Waals surface area contributed by atoms with Crippen LogP contribution in [0.1, 0.15) is 6.42 Å². The molecule has 1 aliphatic heterocycles. The van der Waals surface area contributed by atoms with Gasteiger partial charge in [-0.05, 0) is 31.2 Å². The van der Waals surface area contributed by atoms with Crippen LogP contribution in [0.4, 0.5) is 0 Å². The molecule has 0 amide bonds. The van der Waals surface area contributed by atoms with Crippen molar-refractivity contribution in [3.05, 3.63) is 24.4 Å². The Morgan fingerprint density at radius 1 is 1.40 bits per heavy atom. The van der Waals surface area contributed by atoms with E-state index in [4.69, 9.17) is 4.74 Å². The first kappa shape index (κ1) is 8.73. The quantitative estimate of drug-likeness (QED) is 0.773. The zero-order chi connectivity index (χ0) is 10.1. The highest BCUT2D eigenvalue weighted by Gasteiger charge is 2.15. The molecule has 1 atom stereocenters. The maximum Gasteiger partial charge on any atom is 0.120 e. The Kier molecular flexibility index (Phi) is 2.07. The number of aromatic amines is 1. The Morgan fingerprint density at radius 2 is 2.40 bits per heavy atom. The summed E-state index contributed by atoms with van der Waals surface area (Å²) in [6.07, 6.45) is 3.22. The second kappa shape index (κ2) is 3.55. The van der Waals surface area contributed by atoms with Crippen LogP contribution >= 0.6 is 0 Å². The highest BCUT2D eigenvalue weighted by Crippen LogP contribution is 2.20. The van der Waals surface area contributed by atoms with Gasteiger partial charge in [-0.2, -0.15) is 5.10 Å². The molecule has 0 unspecified atom stereocenters. The number of hydrogen-bond donors (Lipinski definition) is 2. The van der Waals surface area contributed by atoms with E-state index in [0.717, 1.165) is 36.2 Å². The van der Waals surface area contributed by atoms with E-state index in [1.165, 1.54) is 0 Å². The summed E-state index contributed by atoms with van der Waals surface area (Å²) >= 11 is 0. The van der Waals surface area contributed by atoms with Gasteiger partial charge in [-0.25, -0.2) is 0 Å². The van der Waals surface area contributed by atoms with Gasteiger partial charge < -0.3 is 10.1 Å². The molecular weight excluding hydrogens is 190 g/mol. The lowest BCUT2D eigenvalue weighted by molar-refractivity contribution is 0.223. The predicted molar refractivity (Wildman–Crippen MR) is 58.0 cm³/mol. The largest absolute Gasteiger partial charge is 0.489 e. The van der Waals surface area contributed by atoms with Crippen molar-refractivity contribution in [3.63, 3.8) is 0 Å². The molecule has 1 aliphatic rings. The summed E-state index contributed by atoms with van der Waals surface area (Å²) < 4.78 is 5.85. The van der Waals surface area contributed by atoms with Crippen molar-refractivity contribution in [2.24, 2.45) is 0 Å². The Morgan fingerprint density at radius 3 is 3.27 bits per heavy atom. The van der Waals surface area contributed by atoms with Gasteiger partial charge in [0.25, 0.3) is 0 Å². The van der Waals surface area contributed by atoms with Gasteiger partial charge in [-0.15, -0.1) is 0 Å². The molecule has 1 fully saturated rings. The fourth-order valence-electron chi connectivity index (χ4n) is 1.92. The number of hydrogen-bond acceptors (Lipinski definition) is 3. The Balaban J connectivity index is 1.84. The fraction of sp³-hybridized carbons (Fsp3) is 0.364. The molecule has 1 aromatic heterocycles. The summed E-state index contributed by atoms with van der Waals surface area (Å²) in [5.74, 6) is 0.928. The summed E-state index contributed by atoms with van der Waals surface area (Å²) in [7, 11) is 0. The molecule has 0 aliphatic carbocycles. The number of aromatic nitrogens is 2. The van der Waals surface area contributed by atoms with Crippen LogP contribution in [0.5, 0.6) is 5.75 Å². The lowest BCUT2D eigenvalue weighted by Crippen LogP contribution is -2.19. The van der Waals surface area contributed by atoms with E-state index >= 15 is 0 Å². The average molecular weight is 203 g/mol. The predicted octanol–water partition coefficient (Wildman–Crippen LogP) is 1.30. The monoisotopic (exact) mass is 203 g/mol. The first-order valence-corrected chi connectivity index (χ1v) is 5.22. The molecule has 0 spiro atoms. The van der Waals surface area contributed by atoms with Gasteiger partial charge in [0, 0.05) is 11.9 Å². The summed E-state index contributed by atoms with van der Waals surface area (Å²) in [5, 5.41) is 11.3. The highest BCUT2D eigenvalue weighted by molar-refractivity contribution is 5.79. The van der Waals surface area contributed by atoms with Crippen molar-refractivity contribution in [2.75, 3.05) is 13.1 Å². The Hall–Kier alpha value is -1.55. The number of H-pyrrole nitrogens is 1. The second-order valence-corrected chi connectivity index (χ2v) is 3.85. The molecule has 2 N–H and O–H groups in total. The third-order valence-electron chi connectivity index (χ3n) is 2.73. The van der Waals surface area contributed by atoms with Gasteiger partial charge in [-0.3, -0.25) is 5.10 Å². The lowest BCUT2D eigenvalue weighted by Gasteiger charge is -2.11. The van der Waals surface area contributed by atoms with Crippen LogP contribution in [-0.4, -0.2) is 29.4 Å². The van der Waals surface area contributed by atoms with Gasteiger partial charge in [0.15, 0.2) is 0 Å². The topological polar surface area (TPSA) is 49.9 Å². The summed E-state index contributed by atoms with van der Waals surface area (Å²) in [5.41, 5.74) is 1.05. The highest BCUT2D eigenvalue weighted by atomic mass is 16.5. The van der Waals surface area contributed by atoms with Gasteiger partial charge in [-0.1, -0.05) is 0 Å². The zero-order valence-electron chi connectivity index (χ0n) is 8.36. The zero-order valence-corrected chi connectivity index (χ0v) is 8.36. The number of nitrogens with one attached hydrogen (secondary N) is 2. The number of benzene rings is 1. The van der Waals surface area contributed by atoms with E-state index in [1.807, 2.05) is 24.4 Å². The van der Waals surface area contributed by atoms with Gasteiger partial charge in [0.2, 0.25) is 0 Å². The van der Waals surface area contributed by atoms with Crippen LogP contribution in [0.2, 0.25) is 0 Å². The second-order valence-electron chi connectivity index (χ2n) is 3.85. The molecule has 3 rings (SSSR count). The van der Waals surface area contributed by atoms with E-state index < -0.39 is 0 Å². The number of fused-ring (bicyclic) bond motifs is 1. The number of nitrogens with zero attached hydrogens (tertiary/aromatic N) is 1. The molecule has 4 heteroatoms. The van der Waals surface area contributed by atoms with Gasteiger partial charge in [0.05, 0.1) is 11.7 Å². The van der Waals surface area contributed by atoms with Crippen molar-refractivity contribution in [3.8, 4) is 5.75 Å². The van der Waals surface area contributed by atoms with Crippen LogP contribution in [0.3, 0.4) is 0 Å². The van der Waals surface area contributed by atoms with E-state index in [2.05, 4.69) is 15.5 Å². The van der Waals surface area contributed by atoms with E-state index in [1.54, 1.807) is 0 Å². The molecule has 2 heterocycles. The molecule has 0 saturated carbocycles. The third kappa shape index (κ3) is 1.68. The molecule has 2 aromatic rings. The molecule has 0 radical (unpaired) electrons. The number of ether oxygens (including phenoxy) is 1. The Labute approximate surface area is 87.6 Å². The first-order valence-electron chi connectivity index (χ1n) is 5.22. The molecule has 15 heavy (non-hydrogen) atoms. The van der Waals surface area contributed by atoms with E-state index in [9.17, 15) is 0 Å².